The maximum atomic E-state index is 13.6. The number of carbonyl (C=O) groups is 1. The predicted molar refractivity (Wildman–Crippen MR) is 82.9 cm³/mol. The second-order valence-corrected chi connectivity index (χ2v) is 6.87. The standard InChI is InChI=1S/C18H20FNO3/c1-18(2)22-15-6-3-11-7-8-20(17(21)16(15)23-18)10-12-9-13(19)4-5-14(11)12/h3-5,9,15-16H,6-8,10H2,1-2H3/t15-,16+/m1/s1. The second kappa shape index (κ2) is 5.14. The molecular formula is C18H20FNO3. The number of nitrogens with zero attached hydrogens (tertiary/aromatic N) is 1. The van der Waals surface area contributed by atoms with Gasteiger partial charge in [-0.05, 0) is 55.5 Å². The molecule has 122 valence electrons. The lowest BCUT2D eigenvalue weighted by Crippen LogP contribution is -2.43. The van der Waals surface area contributed by atoms with Crippen LogP contribution in [0.1, 0.15) is 37.8 Å². The molecule has 1 aromatic carbocycles. The summed E-state index contributed by atoms with van der Waals surface area (Å²) in [5.41, 5.74) is 3.06. The fourth-order valence-electron chi connectivity index (χ4n) is 3.74. The molecule has 3 aliphatic heterocycles. The fourth-order valence-corrected chi connectivity index (χ4v) is 3.74. The molecule has 1 aromatic rings. The van der Waals surface area contributed by atoms with Gasteiger partial charge in [0, 0.05) is 13.1 Å². The van der Waals surface area contributed by atoms with Crippen molar-refractivity contribution in [2.45, 2.75) is 51.2 Å². The summed E-state index contributed by atoms with van der Waals surface area (Å²) in [5.74, 6) is -1.09. The van der Waals surface area contributed by atoms with Crippen LogP contribution in [0, 0.1) is 5.82 Å². The highest BCUT2D eigenvalue weighted by Gasteiger charge is 2.46. The first kappa shape index (κ1) is 14.8. The van der Waals surface area contributed by atoms with E-state index in [0.29, 0.717) is 19.5 Å². The normalized spacial score (nSPS) is 29.1. The third kappa shape index (κ3) is 2.58. The van der Waals surface area contributed by atoms with E-state index in [0.717, 1.165) is 23.1 Å². The molecule has 0 unspecified atom stereocenters. The van der Waals surface area contributed by atoms with E-state index >= 15 is 0 Å². The molecule has 1 fully saturated rings. The molecule has 1 saturated heterocycles. The monoisotopic (exact) mass is 317 g/mol. The number of ether oxygens (including phenoxy) is 2. The number of rotatable bonds is 0. The van der Waals surface area contributed by atoms with Gasteiger partial charge in [0.2, 0.25) is 0 Å². The van der Waals surface area contributed by atoms with Crippen molar-refractivity contribution in [1.82, 2.24) is 4.90 Å². The van der Waals surface area contributed by atoms with Gasteiger partial charge in [0.15, 0.2) is 11.9 Å². The van der Waals surface area contributed by atoms with Gasteiger partial charge in [-0.2, -0.15) is 0 Å². The Morgan fingerprint density at radius 3 is 2.96 bits per heavy atom. The van der Waals surface area contributed by atoms with Crippen LogP contribution in [0.3, 0.4) is 0 Å². The van der Waals surface area contributed by atoms with Gasteiger partial charge in [-0.15, -0.1) is 0 Å². The third-order valence-electron chi connectivity index (χ3n) is 4.76. The molecule has 0 aromatic heterocycles. The maximum Gasteiger partial charge on any atom is 0.254 e. The summed E-state index contributed by atoms with van der Waals surface area (Å²) >= 11 is 0. The number of amides is 1. The van der Waals surface area contributed by atoms with Crippen LogP contribution in [0.4, 0.5) is 4.39 Å². The van der Waals surface area contributed by atoms with Crippen LogP contribution in [-0.2, 0) is 20.8 Å². The van der Waals surface area contributed by atoms with Crippen molar-refractivity contribution >= 4 is 11.5 Å². The fraction of sp³-hybridized carbons (Fsp3) is 0.500. The van der Waals surface area contributed by atoms with Crippen molar-refractivity contribution in [2.24, 2.45) is 0 Å². The molecule has 4 rings (SSSR count). The quantitative estimate of drug-likeness (QED) is 0.738. The number of hydrogen-bond acceptors (Lipinski definition) is 3. The van der Waals surface area contributed by atoms with Gasteiger partial charge in [-0.25, -0.2) is 4.39 Å². The number of benzene rings is 1. The zero-order valence-corrected chi connectivity index (χ0v) is 13.3. The van der Waals surface area contributed by atoms with Crippen molar-refractivity contribution in [1.29, 1.82) is 0 Å². The largest absolute Gasteiger partial charge is 0.344 e. The van der Waals surface area contributed by atoms with Gasteiger partial charge >= 0.3 is 0 Å². The Labute approximate surface area is 134 Å². The van der Waals surface area contributed by atoms with Crippen molar-refractivity contribution in [2.75, 3.05) is 6.54 Å². The molecule has 4 nitrogen and oxygen atoms in total. The molecule has 0 saturated carbocycles. The number of halogens is 1. The Bertz CT molecular complexity index is 698. The molecule has 2 bridgehead atoms. The van der Waals surface area contributed by atoms with Crippen molar-refractivity contribution in [3.63, 3.8) is 0 Å². The van der Waals surface area contributed by atoms with Crippen LogP contribution in [0.15, 0.2) is 24.3 Å². The topological polar surface area (TPSA) is 38.8 Å². The number of hydrogen-bond donors (Lipinski definition) is 0. The molecule has 0 aliphatic carbocycles. The molecule has 5 heteroatoms. The average Bonchev–Trinajstić information content (AvgIpc) is 2.71. The van der Waals surface area contributed by atoms with E-state index in [2.05, 4.69) is 6.08 Å². The first-order chi connectivity index (χ1) is 10.9. The van der Waals surface area contributed by atoms with Crippen LogP contribution in [0.25, 0.3) is 5.57 Å². The van der Waals surface area contributed by atoms with Crippen LogP contribution >= 0.6 is 0 Å². The van der Waals surface area contributed by atoms with Crippen LogP contribution in [-0.4, -0.2) is 35.3 Å². The van der Waals surface area contributed by atoms with Gasteiger partial charge in [0.1, 0.15) is 5.82 Å². The van der Waals surface area contributed by atoms with E-state index in [-0.39, 0.29) is 17.8 Å². The van der Waals surface area contributed by atoms with E-state index in [1.807, 2.05) is 19.9 Å². The summed E-state index contributed by atoms with van der Waals surface area (Å²) in [7, 11) is 0. The zero-order valence-electron chi connectivity index (χ0n) is 13.3. The van der Waals surface area contributed by atoms with E-state index in [1.54, 1.807) is 4.90 Å². The molecule has 23 heavy (non-hydrogen) atoms. The van der Waals surface area contributed by atoms with Gasteiger partial charge in [-0.1, -0.05) is 12.1 Å². The molecule has 1 amide bonds. The summed E-state index contributed by atoms with van der Waals surface area (Å²) in [6.07, 6.45) is 2.67. The van der Waals surface area contributed by atoms with Crippen LogP contribution < -0.4 is 0 Å². The molecule has 0 spiro atoms. The Morgan fingerprint density at radius 1 is 1.30 bits per heavy atom. The zero-order chi connectivity index (χ0) is 16.2. The van der Waals surface area contributed by atoms with Crippen molar-refractivity contribution in [3.8, 4) is 0 Å². The first-order valence-electron chi connectivity index (χ1n) is 8.05. The van der Waals surface area contributed by atoms with E-state index in [1.165, 1.54) is 12.1 Å². The molecule has 0 N–H and O–H groups in total. The van der Waals surface area contributed by atoms with E-state index < -0.39 is 11.9 Å². The lowest BCUT2D eigenvalue weighted by atomic mass is 9.96. The summed E-state index contributed by atoms with van der Waals surface area (Å²) in [5, 5.41) is 0. The van der Waals surface area contributed by atoms with Gasteiger partial charge < -0.3 is 14.4 Å². The Morgan fingerprint density at radius 2 is 2.13 bits per heavy atom. The van der Waals surface area contributed by atoms with E-state index in [9.17, 15) is 9.18 Å². The van der Waals surface area contributed by atoms with Crippen LogP contribution in [0.5, 0.6) is 0 Å². The lowest BCUT2D eigenvalue weighted by Gasteiger charge is -2.25. The van der Waals surface area contributed by atoms with Crippen LogP contribution in [0.2, 0.25) is 0 Å². The molecule has 2 atom stereocenters. The minimum Gasteiger partial charge on any atom is -0.344 e. The smallest absolute Gasteiger partial charge is 0.254 e. The average molecular weight is 317 g/mol. The highest BCUT2D eigenvalue weighted by molar-refractivity contribution is 5.83. The number of carbonyl (C=O) groups excluding carboxylic acids is 1. The summed E-state index contributed by atoms with van der Waals surface area (Å²) in [6, 6.07) is 4.83. The number of fused-ring (bicyclic) bond motifs is 6. The third-order valence-corrected chi connectivity index (χ3v) is 4.76. The first-order valence-corrected chi connectivity index (χ1v) is 8.05. The second-order valence-electron chi connectivity index (χ2n) is 6.87. The SMILES string of the molecule is CC1(C)O[C@@H]2C(=O)N3CCC(=CC[C@H]2O1)c1ccc(F)cc1C3. The van der Waals surface area contributed by atoms with E-state index in [4.69, 9.17) is 9.47 Å². The molecule has 3 aliphatic rings. The molecular weight excluding hydrogens is 297 g/mol. The van der Waals surface area contributed by atoms with Crippen molar-refractivity contribution in [3.05, 3.63) is 41.2 Å². The van der Waals surface area contributed by atoms with Gasteiger partial charge in [-0.3, -0.25) is 4.79 Å². The van der Waals surface area contributed by atoms with Gasteiger partial charge in [0.25, 0.3) is 5.91 Å². The van der Waals surface area contributed by atoms with Crippen molar-refractivity contribution < 1.29 is 18.7 Å². The minimum absolute atomic E-state index is 0.0627. The summed E-state index contributed by atoms with van der Waals surface area (Å²) < 4.78 is 25.4. The Hall–Kier alpha value is -1.72. The lowest BCUT2D eigenvalue weighted by molar-refractivity contribution is -0.161. The Balaban J connectivity index is 1.79. The Kier molecular flexibility index (Phi) is 3.32. The predicted octanol–water partition coefficient (Wildman–Crippen LogP) is 2.87. The summed E-state index contributed by atoms with van der Waals surface area (Å²) in [4.78, 5) is 14.7. The summed E-state index contributed by atoms with van der Waals surface area (Å²) in [6.45, 7) is 4.69. The van der Waals surface area contributed by atoms with Gasteiger partial charge in [0.05, 0.1) is 6.10 Å². The molecule has 0 radical (unpaired) electrons. The molecule has 3 heterocycles. The minimum atomic E-state index is -0.753. The highest BCUT2D eigenvalue weighted by atomic mass is 19.1. The highest BCUT2D eigenvalue weighted by Crippen LogP contribution is 2.36. The maximum absolute atomic E-state index is 13.6.